The Morgan fingerprint density at radius 1 is 1.25 bits per heavy atom. The van der Waals surface area contributed by atoms with Crippen molar-refractivity contribution in [1.29, 1.82) is 0 Å². The van der Waals surface area contributed by atoms with Crippen molar-refractivity contribution in [2.24, 2.45) is 11.3 Å². The number of hydrogen-bond acceptors (Lipinski definition) is 4. The van der Waals surface area contributed by atoms with Gasteiger partial charge in [0.15, 0.2) is 0 Å². The van der Waals surface area contributed by atoms with Crippen LogP contribution in [0.3, 0.4) is 0 Å². The Hall–Kier alpha value is 0.135. The minimum Gasteiger partial charge on any atom is -0.550 e. The van der Waals surface area contributed by atoms with Gasteiger partial charge in [-0.15, -0.1) is 0 Å². The van der Waals surface area contributed by atoms with Crippen molar-refractivity contribution in [2.75, 3.05) is 0 Å². The molecular formula is C10H14Li2O4. The molecule has 0 aliphatic heterocycles. The summed E-state index contributed by atoms with van der Waals surface area (Å²) in [6, 6.07) is 0. The van der Waals surface area contributed by atoms with Crippen molar-refractivity contribution in [3.8, 4) is 0 Å². The van der Waals surface area contributed by atoms with Crippen LogP contribution in [0.25, 0.3) is 0 Å². The van der Waals surface area contributed by atoms with Gasteiger partial charge in [-0.1, -0.05) is 19.8 Å². The van der Waals surface area contributed by atoms with Crippen LogP contribution in [-0.2, 0) is 9.59 Å². The van der Waals surface area contributed by atoms with Crippen LogP contribution in [0.2, 0.25) is 0 Å². The number of carbonyl (C=O) groups excluding carboxylic acids is 2. The number of hydrogen-bond donors (Lipinski definition) is 0. The van der Waals surface area contributed by atoms with Crippen molar-refractivity contribution in [3.63, 3.8) is 0 Å². The maximum absolute atomic E-state index is 11.0. The monoisotopic (exact) mass is 212 g/mol. The Labute approximate surface area is 120 Å². The molecule has 0 aromatic rings. The first-order valence-corrected chi connectivity index (χ1v) is 4.97. The molecule has 0 amide bonds. The number of aliphatic carboxylic acids is 2. The fourth-order valence-electron chi connectivity index (χ4n) is 2.39. The Balaban J connectivity index is 0. The molecule has 1 saturated carbocycles. The maximum atomic E-state index is 11.0. The first-order valence-electron chi connectivity index (χ1n) is 4.97. The third-order valence-electron chi connectivity index (χ3n) is 3.35. The number of rotatable bonds is 3. The summed E-state index contributed by atoms with van der Waals surface area (Å²) >= 11 is 0. The standard InChI is InChI=1S/C10H16O4.2Li/c1-2-10(9(13)14)6-4-3-5-7(10)8(11)12;;/h7H,2-6H2,1H3,(H,11,12)(H,13,14);;/q;2*+1/p-2. The first kappa shape index (κ1) is 18.5. The Morgan fingerprint density at radius 2 is 1.81 bits per heavy atom. The predicted molar refractivity (Wildman–Crippen MR) is 44.7 cm³/mol. The van der Waals surface area contributed by atoms with Crippen LogP contribution in [0, 0.1) is 11.3 Å². The van der Waals surface area contributed by atoms with Gasteiger partial charge < -0.3 is 19.8 Å². The van der Waals surface area contributed by atoms with E-state index < -0.39 is 23.3 Å². The molecule has 4 nitrogen and oxygen atoms in total. The van der Waals surface area contributed by atoms with Gasteiger partial charge in [0.1, 0.15) is 0 Å². The van der Waals surface area contributed by atoms with E-state index in [0.29, 0.717) is 19.3 Å². The third kappa shape index (κ3) is 3.31. The second-order valence-corrected chi connectivity index (χ2v) is 3.91. The Morgan fingerprint density at radius 3 is 2.12 bits per heavy atom. The Bertz CT molecular complexity index is 257. The van der Waals surface area contributed by atoms with Crippen LogP contribution in [0.4, 0.5) is 0 Å². The second kappa shape index (κ2) is 7.46. The number of carboxylic acids is 2. The molecule has 2 unspecified atom stereocenters. The van der Waals surface area contributed by atoms with E-state index in [1.54, 1.807) is 6.92 Å². The minimum absolute atomic E-state index is 0. The topological polar surface area (TPSA) is 80.3 Å². The van der Waals surface area contributed by atoms with Gasteiger partial charge in [-0.25, -0.2) is 0 Å². The van der Waals surface area contributed by atoms with Gasteiger partial charge in [0.25, 0.3) is 0 Å². The van der Waals surface area contributed by atoms with E-state index in [1.807, 2.05) is 0 Å². The van der Waals surface area contributed by atoms with Crippen LogP contribution in [0.1, 0.15) is 39.0 Å². The summed E-state index contributed by atoms with van der Waals surface area (Å²) in [5.41, 5.74) is -1.20. The maximum Gasteiger partial charge on any atom is 1.00 e. The summed E-state index contributed by atoms with van der Waals surface area (Å²) in [6.45, 7) is 1.69. The summed E-state index contributed by atoms with van der Waals surface area (Å²) in [5.74, 6) is -3.38. The first-order chi connectivity index (χ1) is 6.54. The zero-order valence-electron chi connectivity index (χ0n) is 10.2. The van der Waals surface area contributed by atoms with E-state index in [0.717, 1.165) is 12.8 Å². The fraction of sp³-hybridized carbons (Fsp3) is 0.800. The predicted octanol–water partition coefficient (Wildman–Crippen LogP) is -6.92. The van der Waals surface area contributed by atoms with Gasteiger partial charge in [0.2, 0.25) is 0 Å². The van der Waals surface area contributed by atoms with Gasteiger partial charge in [-0.2, -0.15) is 0 Å². The largest absolute Gasteiger partial charge is 1.00 e. The Kier molecular flexibility index (Phi) is 8.62. The minimum atomic E-state index is -1.25. The number of carboxylic acid groups (broad SMARTS) is 2. The van der Waals surface area contributed by atoms with E-state index in [9.17, 15) is 19.8 Å². The molecule has 0 aromatic carbocycles. The van der Waals surface area contributed by atoms with E-state index in [1.165, 1.54) is 0 Å². The smallest absolute Gasteiger partial charge is 0.550 e. The van der Waals surface area contributed by atoms with Gasteiger partial charge in [0, 0.05) is 23.3 Å². The van der Waals surface area contributed by atoms with E-state index >= 15 is 0 Å². The zero-order valence-corrected chi connectivity index (χ0v) is 10.2. The quantitative estimate of drug-likeness (QED) is 0.435. The van der Waals surface area contributed by atoms with Crippen LogP contribution in [-0.4, -0.2) is 11.9 Å². The van der Waals surface area contributed by atoms with Crippen LogP contribution in [0.15, 0.2) is 0 Å². The van der Waals surface area contributed by atoms with Gasteiger partial charge in [-0.3, -0.25) is 0 Å². The summed E-state index contributed by atoms with van der Waals surface area (Å²) in [6.07, 6.45) is 2.60. The SMILES string of the molecule is CCC1(C(=O)[O-])CCCCC1C(=O)[O-].[Li+].[Li+]. The van der Waals surface area contributed by atoms with Crippen LogP contribution < -0.4 is 47.9 Å². The molecule has 0 radical (unpaired) electrons. The summed E-state index contributed by atoms with van der Waals surface area (Å²) in [7, 11) is 0. The molecule has 2 atom stereocenters. The molecule has 0 N–H and O–H groups in total. The summed E-state index contributed by atoms with van der Waals surface area (Å²) in [4.78, 5) is 21.9. The average molecular weight is 212 g/mol. The van der Waals surface area contributed by atoms with Crippen molar-refractivity contribution >= 4 is 11.9 Å². The van der Waals surface area contributed by atoms with Crippen LogP contribution >= 0.6 is 0 Å². The molecule has 80 valence electrons. The van der Waals surface area contributed by atoms with Crippen molar-refractivity contribution in [2.45, 2.75) is 39.0 Å². The number of carbonyl (C=O) groups is 2. The van der Waals surface area contributed by atoms with Gasteiger partial charge in [-0.05, 0) is 19.3 Å². The van der Waals surface area contributed by atoms with E-state index in [4.69, 9.17) is 0 Å². The average Bonchev–Trinajstić information content (AvgIpc) is 2.17. The molecule has 0 aromatic heterocycles. The van der Waals surface area contributed by atoms with Crippen LogP contribution in [0.5, 0.6) is 0 Å². The van der Waals surface area contributed by atoms with E-state index in [-0.39, 0.29) is 37.7 Å². The second-order valence-electron chi connectivity index (χ2n) is 3.91. The molecule has 0 heterocycles. The normalized spacial score (nSPS) is 28.4. The molecule has 1 rings (SSSR count). The fourth-order valence-corrected chi connectivity index (χ4v) is 2.39. The van der Waals surface area contributed by atoms with E-state index in [2.05, 4.69) is 0 Å². The molecule has 1 aliphatic rings. The molecule has 6 heteroatoms. The molecule has 16 heavy (non-hydrogen) atoms. The third-order valence-corrected chi connectivity index (χ3v) is 3.35. The molecule has 0 saturated heterocycles. The van der Waals surface area contributed by atoms with Crippen molar-refractivity contribution in [1.82, 2.24) is 0 Å². The van der Waals surface area contributed by atoms with Gasteiger partial charge in [0.05, 0.1) is 0 Å². The summed E-state index contributed by atoms with van der Waals surface area (Å²) < 4.78 is 0. The molecule has 0 bridgehead atoms. The van der Waals surface area contributed by atoms with Gasteiger partial charge >= 0.3 is 37.7 Å². The zero-order chi connectivity index (χ0) is 10.8. The molecule has 0 spiro atoms. The van der Waals surface area contributed by atoms with Crippen molar-refractivity contribution < 1.29 is 57.5 Å². The molecular weight excluding hydrogens is 198 g/mol. The molecule has 1 aliphatic carbocycles. The summed E-state index contributed by atoms with van der Waals surface area (Å²) in [5, 5.41) is 21.9. The molecule has 1 fully saturated rings. The van der Waals surface area contributed by atoms with Crippen molar-refractivity contribution in [3.05, 3.63) is 0 Å².